The van der Waals surface area contributed by atoms with Crippen LogP contribution in [0.4, 0.5) is 0 Å². The van der Waals surface area contributed by atoms with Crippen molar-refractivity contribution in [3.05, 3.63) is 52.2 Å². The second-order valence-corrected chi connectivity index (χ2v) is 6.32. The van der Waals surface area contributed by atoms with Crippen LogP contribution in [0.25, 0.3) is 0 Å². The van der Waals surface area contributed by atoms with Crippen molar-refractivity contribution in [3.63, 3.8) is 0 Å². The summed E-state index contributed by atoms with van der Waals surface area (Å²) in [5.41, 5.74) is 2.76. The molecule has 0 aliphatic rings. The van der Waals surface area contributed by atoms with Gasteiger partial charge in [0.05, 0.1) is 0 Å². The molecule has 1 aromatic carbocycles. The van der Waals surface area contributed by atoms with Gasteiger partial charge in [-0.1, -0.05) is 17.7 Å². The Kier molecular flexibility index (Phi) is 5.29. The molecule has 1 aromatic heterocycles. The molecule has 0 aliphatic heterocycles. The SMILES string of the molecule is CNC(CSc1ccc(C)cc1)Cc1ccsc1. The quantitative estimate of drug-likeness (QED) is 0.802. The van der Waals surface area contributed by atoms with Crippen molar-refractivity contribution in [1.82, 2.24) is 5.32 Å². The van der Waals surface area contributed by atoms with Gasteiger partial charge in [-0.25, -0.2) is 0 Å². The van der Waals surface area contributed by atoms with Crippen LogP contribution in [0.5, 0.6) is 0 Å². The summed E-state index contributed by atoms with van der Waals surface area (Å²) >= 11 is 3.70. The topological polar surface area (TPSA) is 12.0 Å². The van der Waals surface area contributed by atoms with Crippen molar-refractivity contribution < 1.29 is 0 Å². The second kappa shape index (κ2) is 6.98. The molecule has 2 rings (SSSR count). The standard InChI is InChI=1S/C15H19NS2/c1-12-3-5-15(6-4-12)18-11-14(16-2)9-13-7-8-17-10-13/h3-8,10,14,16H,9,11H2,1-2H3. The smallest absolute Gasteiger partial charge is 0.0199 e. The first-order chi connectivity index (χ1) is 8.78. The number of aryl methyl sites for hydroxylation is 1. The maximum atomic E-state index is 3.41. The Morgan fingerprint density at radius 2 is 2.00 bits per heavy atom. The van der Waals surface area contributed by atoms with Gasteiger partial charge in [0.1, 0.15) is 0 Å². The predicted molar refractivity (Wildman–Crippen MR) is 82.8 cm³/mol. The fourth-order valence-corrected chi connectivity index (χ4v) is 3.46. The molecule has 0 radical (unpaired) electrons. The van der Waals surface area contributed by atoms with Crippen molar-refractivity contribution in [2.24, 2.45) is 0 Å². The zero-order chi connectivity index (χ0) is 12.8. The van der Waals surface area contributed by atoms with Gasteiger partial charge in [-0.3, -0.25) is 0 Å². The first-order valence-electron chi connectivity index (χ1n) is 6.15. The molecule has 0 amide bonds. The first kappa shape index (κ1) is 13.7. The zero-order valence-electron chi connectivity index (χ0n) is 10.8. The summed E-state index contributed by atoms with van der Waals surface area (Å²) in [5, 5.41) is 7.79. The molecule has 0 aliphatic carbocycles. The Labute approximate surface area is 118 Å². The lowest BCUT2D eigenvalue weighted by Gasteiger charge is -2.15. The Balaban J connectivity index is 1.85. The van der Waals surface area contributed by atoms with Crippen LogP contribution in [-0.2, 0) is 6.42 Å². The Bertz CT molecular complexity index is 448. The highest BCUT2D eigenvalue weighted by Crippen LogP contribution is 2.20. The van der Waals surface area contributed by atoms with Gasteiger partial charge in [-0.05, 0) is 54.9 Å². The molecular weight excluding hydrogens is 258 g/mol. The minimum Gasteiger partial charge on any atom is -0.316 e. The minimum atomic E-state index is 0.533. The van der Waals surface area contributed by atoms with E-state index in [1.165, 1.54) is 16.0 Å². The summed E-state index contributed by atoms with van der Waals surface area (Å²) in [6.45, 7) is 2.13. The van der Waals surface area contributed by atoms with Crippen LogP contribution in [0, 0.1) is 6.92 Å². The van der Waals surface area contributed by atoms with Crippen LogP contribution in [-0.4, -0.2) is 18.8 Å². The largest absolute Gasteiger partial charge is 0.316 e. The molecule has 96 valence electrons. The fourth-order valence-electron chi connectivity index (χ4n) is 1.77. The van der Waals surface area contributed by atoms with E-state index < -0.39 is 0 Å². The van der Waals surface area contributed by atoms with Gasteiger partial charge in [0, 0.05) is 16.7 Å². The van der Waals surface area contributed by atoms with Gasteiger partial charge >= 0.3 is 0 Å². The third-order valence-corrected chi connectivity index (χ3v) is 4.85. The van der Waals surface area contributed by atoms with E-state index in [9.17, 15) is 0 Å². The average Bonchev–Trinajstić information content (AvgIpc) is 2.89. The van der Waals surface area contributed by atoms with E-state index in [4.69, 9.17) is 0 Å². The highest BCUT2D eigenvalue weighted by atomic mass is 32.2. The average molecular weight is 277 g/mol. The van der Waals surface area contributed by atoms with Crippen LogP contribution < -0.4 is 5.32 Å². The third kappa shape index (κ3) is 4.16. The molecule has 1 unspecified atom stereocenters. The Morgan fingerprint density at radius 1 is 1.22 bits per heavy atom. The van der Waals surface area contributed by atoms with Gasteiger partial charge < -0.3 is 5.32 Å². The molecule has 1 heterocycles. The molecule has 1 nitrogen and oxygen atoms in total. The number of nitrogens with one attached hydrogen (secondary N) is 1. The molecule has 1 atom stereocenters. The summed E-state index contributed by atoms with van der Waals surface area (Å²) in [5.74, 6) is 1.11. The maximum absolute atomic E-state index is 3.41. The molecule has 0 saturated heterocycles. The van der Waals surface area contributed by atoms with Gasteiger partial charge in [0.2, 0.25) is 0 Å². The van der Waals surface area contributed by atoms with Crippen molar-refractivity contribution in [1.29, 1.82) is 0 Å². The van der Waals surface area contributed by atoms with E-state index in [0.717, 1.165) is 12.2 Å². The highest BCUT2D eigenvalue weighted by Gasteiger charge is 2.08. The van der Waals surface area contributed by atoms with Crippen LogP contribution in [0.2, 0.25) is 0 Å². The summed E-state index contributed by atoms with van der Waals surface area (Å²) in [6.07, 6.45) is 1.11. The zero-order valence-corrected chi connectivity index (χ0v) is 12.5. The summed E-state index contributed by atoms with van der Waals surface area (Å²) in [4.78, 5) is 1.35. The molecule has 0 saturated carbocycles. The number of thiophene rings is 1. The number of benzene rings is 1. The van der Waals surface area contributed by atoms with Crippen molar-refractivity contribution >= 4 is 23.1 Å². The lowest BCUT2D eigenvalue weighted by Crippen LogP contribution is -2.29. The predicted octanol–water partition coefficient (Wildman–Crippen LogP) is 3.98. The number of hydrogen-bond donors (Lipinski definition) is 1. The van der Waals surface area contributed by atoms with E-state index >= 15 is 0 Å². The number of likely N-dealkylation sites (N-methyl/N-ethyl adjacent to an activating group) is 1. The highest BCUT2D eigenvalue weighted by molar-refractivity contribution is 7.99. The van der Waals surface area contributed by atoms with Crippen LogP contribution >= 0.6 is 23.1 Å². The number of hydrogen-bond acceptors (Lipinski definition) is 3. The van der Waals surface area contributed by atoms with Crippen LogP contribution in [0.3, 0.4) is 0 Å². The van der Waals surface area contributed by atoms with Gasteiger partial charge in [0.25, 0.3) is 0 Å². The van der Waals surface area contributed by atoms with E-state index in [0.29, 0.717) is 6.04 Å². The Hall–Kier alpha value is -0.770. The van der Waals surface area contributed by atoms with E-state index in [2.05, 4.69) is 53.3 Å². The molecule has 1 N–H and O–H groups in total. The molecule has 18 heavy (non-hydrogen) atoms. The molecule has 3 heteroatoms. The molecule has 0 spiro atoms. The van der Waals surface area contributed by atoms with Crippen molar-refractivity contribution in [3.8, 4) is 0 Å². The van der Waals surface area contributed by atoms with Crippen LogP contribution in [0.1, 0.15) is 11.1 Å². The van der Waals surface area contributed by atoms with Gasteiger partial charge in [-0.2, -0.15) is 11.3 Å². The minimum absolute atomic E-state index is 0.533. The molecule has 0 fully saturated rings. The fraction of sp³-hybridized carbons (Fsp3) is 0.333. The van der Waals surface area contributed by atoms with Crippen LogP contribution in [0.15, 0.2) is 46.0 Å². The maximum Gasteiger partial charge on any atom is 0.0199 e. The molecular formula is C15H19NS2. The van der Waals surface area contributed by atoms with E-state index in [-0.39, 0.29) is 0 Å². The van der Waals surface area contributed by atoms with Gasteiger partial charge in [-0.15, -0.1) is 11.8 Å². The summed E-state index contributed by atoms with van der Waals surface area (Å²) in [7, 11) is 2.05. The van der Waals surface area contributed by atoms with E-state index in [1.807, 2.05) is 18.8 Å². The Morgan fingerprint density at radius 3 is 2.61 bits per heavy atom. The monoisotopic (exact) mass is 277 g/mol. The number of rotatable bonds is 6. The van der Waals surface area contributed by atoms with Gasteiger partial charge in [0.15, 0.2) is 0 Å². The van der Waals surface area contributed by atoms with E-state index in [1.54, 1.807) is 11.3 Å². The lowest BCUT2D eigenvalue weighted by atomic mass is 10.1. The summed E-state index contributed by atoms with van der Waals surface area (Å²) in [6, 6.07) is 11.5. The molecule has 2 aromatic rings. The third-order valence-electron chi connectivity index (χ3n) is 2.94. The number of thioether (sulfide) groups is 1. The molecule has 0 bridgehead atoms. The summed E-state index contributed by atoms with van der Waals surface area (Å²) < 4.78 is 0. The second-order valence-electron chi connectivity index (χ2n) is 4.45. The first-order valence-corrected chi connectivity index (χ1v) is 8.08. The van der Waals surface area contributed by atoms with Crippen molar-refractivity contribution in [2.75, 3.05) is 12.8 Å². The van der Waals surface area contributed by atoms with Crippen molar-refractivity contribution in [2.45, 2.75) is 24.3 Å². The lowest BCUT2D eigenvalue weighted by molar-refractivity contribution is 0.618. The normalized spacial score (nSPS) is 12.6.